The maximum absolute atomic E-state index is 12.0. The lowest BCUT2D eigenvalue weighted by molar-refractivity contribution is -0.384. The van der Waals surface area contributed by atoms with Gasteiger partial charge in [-0.15, -0.1) is 0 Å². The molecule has 0 unspecified atom stereocenters. The zero-order chi connectivity index (χ0) is 18.3. The summed E-state index contributed by atoms with van der Waals surface area (Å²) in [6.07, 6.45) is 0.680. The van der Waals surface area contributed by atoms with Gasteiger partial charge < -0.3 is 15.0 Å². The van der Waals surface area contributed by atoms with E-state index in [1.54, 1.807) is 33.9 Å². The minimum atomic E-state index is -0.528. The number of nitrogens with zero attached hydrogens (tertiary/aromatic N) is 2. The topological polar surface area (TPSA) is 102 Å². The lowest BCUT2D eigenvalue weighted by atomic mass is 10.2. The van der Waals surface area contributed by atoms with Gasteiger partial charge in [-0.3, -0.25) is 14.9 Å². The molecular weight excluding hydrogens is 314 g/mol. The number of urea groups is 1. The molecule has 2 amide bonds. The van der Waals surface area contributed by atoms with Crippen molar-refractivity contribution in [2.75, 3.05) is 18.9 Å². The predicted octanol–water partition coefficient (Wildman–Crippen LogP) is 3.18. The van der Waals surface area contributed by atoms with E-state index in [4.69, 9.17) is 4.74 Å². The minimum Gasteiger partial charge on any atom is -0.460 e. The van der Waals surface area contributed by atoms with Crippen molar-refractivity contribution in [3.8, 4) is 0 Å². The molecule has 0 fully saturated rings. The zero-order valence-corrected chi connectivity index (χ0v) is 14.4. The number of amides is 2. The Morgan fingerprint density at radius 3 is 2.58 bits per heavy atom. The minimum absolute atomic E-state index is 0.0969. The summed E-state index contributed by atoms with van der Waals surface area (Å²) in [5, 5.41) is 13.3. The van der Waals surface area contributed by atoms with Crippen molar-refractivity contribution in [3.05, 3.63) is 34.4 Å². The van der Waals surface area contributed by atoms with Gasteiger partial charge in [-0.1, -0.05) is 6.07 Å². The van der Waals surface area contributed by atoms with Crippen LogP contribution >= 0.6 is 0 Å². The number of hydrogen-bond acceptors (Lipinski definition) is 5. The Morgan fingerprint density at radius 1 is 1.33 bits per heavy atom. The van der Waals surface area contributed by atoms with Crippen LogP contribution in [0.1, 0.15) is 33.6 Å². The summed E-state index contributed by atoms with van der Waals surface area (Å²) < 4.78 is 5.19. The van der Waals surface area contributed by atoms with Gasteiger partial charge in [-0.25, -0.2) is 4.79 Å². The molecule has 0 saturated carbocycles. The molecule has 0 aliphatic carbocycles. The monoisotopic (exact) mass is 337 g/mol. The molecule has 0 radical (unpaired) electrons. The lowest BCUT2D eigenvalue weighted by Gasteiger charge is -2.20. The Morgan fingerprint density at radius 2 is 2.00 bits per heavy atom. The number of rotatable bonds is 6. The van der Waals surface area contributed by atoms with Crippen LogP contribution in [0, 0.1) is 10.1 Å². The van der Waals surface area contributed by atoms with Crippen molar-refractivity contribution in [2.24, 2.45) is 0 Å². The molecule has 1 aromatic rings. The molecule has 0 aliphatic heterocycles. The Balaban J connectivity index is 2.44. The molecule has 0 atom stereocenters. The number of non-ortho nitro benzene ring substituents is 1. The first-order valence-electron chi connectivity index (χ1n) is 7.57. The van der Waals surface area contributed by atoms with Gasteiger partial charge >= 0.3 is 12.0 Å². The quantitative estimate of drug-likeness (QED) is 0.488. The summed E-state index contributed by atoms with van der Waals surface area (Å²) in [6, 6.07) is 5.29. The Bertz CT molecular complexity index is 610. The summed E-state index contributed by atoms with van der Waals surface area (Å²) in [5.74, 6) is -0.310. The summed E-state index contributed by atoms with van der Waals surface area (Å²) in [6.45, 7) is 5.75. The highest BCUT2D eigenvalue weighted by atomic mass is 16.6. The van der Waals surface area contributed by atoms with Crippen LogP contribution in [0.5, 0.6) is 0 Å². The molecular formula is C16H23N3O5. The van der Waals surface area contributed by atoms with Crippen molar-refractivity contribution in [1.82, 2.24) is 4.90 Å². The molecule has 1 aromatic carbocycles. The second kappa shape index (κ2) is 8.28. The molecule has 24 heavy (non-hydrogen) atoms. The van der Waals surface area contributed by atoms with Crippen molar-refractivity contribution in [2.45, 2.75) is 39.2 Å². The highest BCUT2D eigenvalue weighted by Gasteiger charge is 2.17. The number of carbonyl (C=O) groups excluding carboxylic acids is 2. The highest BCUT2D eigenvalue weighted by molar-refractivity contribution is 5.89. The van der Waals surface area contributed by atoms with Gasteiger partial charge in [0, 0.05) is 37.8 Å². The first kappa shape index (κ1) is 19.4. The summed E-state index contributed by atoms with van der Waals surface area (Å²) in [5.41, 5.74) is -0.281. The maximum atomic E-state index is 12.0. The molecule has 1 N–H and O–H groups in total. The normalized spacial score (nSPS) is 10.8. The van der Waals surface area contributed by atoms with Gasteiger partial charge in [-0.05, 0) is 33.3 Å². The number of carbonyl (C=O) groups is 2. The van der Waals surface area contributed by atoms with Crippen LogP contribution in [0.25, 0.3) is 0 Å². The van der Waals surface area contributed by atoms with Crippen LogP contribution in [-0.4, -0.2) is 41.0 Å². The fraction of sp³-hybridized carbons (Fsp3) is 0.500. The largest absolute Gasteiger partial charge is 0.460 e. The number of nitro benzene ring substituents is 1. The van der Waals surface area contributed by atoms with E-state index in [1.807, 2.05) is 0 Å². The Hall–Kier alpha value is -2.64. The van der Waals surface area contributed by atoms with Gasteiger partial charge in [0.1, 0.15) is 5.60 Å². The van der Waals surface area contributed by atoms with E-state index >= 15 is 0 Å². The molecule has 0 spiro atoms. The standard InChI is InChI=1S/C16H23N3O5/c1-16(2,3)24-14(20)9-6-10-18(4)15(21)17-12-7-5-8-13(11-12)19(22)23/h5,7-8,11H,6,9-10H2,1-4H3,(H,17,21). The highest BCUT2D eigenvalue weighted by Crippen LogP contribution is 2.17. The number of esters is 1. The van der Waals surface area contributed by atoms with Crippen LogP contribution in [0.3, 0.4) is 0 Å². The second-order valence-electron chi connectivity index (χ2n) is 6.35. The Labute approximate surface area is 140 Å². The van der Waals surface area contributed by atoms with E-state index < -0.39 is 16.6 Å². The van der Waals surface area contributed by atoms with Crippen molar-refractivity contribution in [1.29, 1.82) is 0 Å². The molecule has 0 aromatic heterocycles. The number of ether oxygens (including phenoxy) is 1. The third-order valence-electron chi connectivity index (χ3n) is 2.95. The van der Waals surface area contributed by atoms with E-state index in [0.717, 1.165) is 0 Å². The predicted molar refractivity (Wildman–Crippen MR) is 89.8 cm³/mol. The number of benzene rings is 1. The molecule has 8 nitrogen and oxygen atoms in total. The van der Waals surface area contributed by atoms with E-state index in [0.29, 0.717) is 18.7 Å². The molecule has 0 saturated heterocycles. The van der Waals surface area contributed by atoms with Crippen molar-refractivity contribution >= 4 is 23.4 Å². The van der Waals surface area contributed by atoms with E-state index in [9.17, 15) is 19.7 Å². The third-order valence-corrected chi connectivity index (χ3v) is 2.95. The van der Waals surface area contributed by atoms with Crippen molar-refractivity contribution in [3.63, 3.8) is 0 Å². The first-order valence-corrected chi connectivity index (χ1v) is 7.57. The van der Waals surface area contributed by atoms with Crippen LogP contribution in [0.4, 0.5) is 16.2 Å². The summed E-state index contributed by atoms with van der Waals surface area (Å²) >= 11 is 0. The van der Waals surface area contributed by atoms with E-state index in [2.05, 4.69) is 5.32 Å². The number of nitro groups is 1. The first-order chi connectivity index (χ1) is 11.1. The van der Waals surface area contributed by atoms with Gasteiger partial charge in [-0.2, -0.15) is 0 Å². The van der Waals surface area contributed by atoms with E-state index in [1.165, 1.54) is 23.1 Å². The number of nitrogens with one attached hydrogen (secondary N) is 1. The number of hydrogen-bond donors (Lipinski definition) is 1. The van der Waals surface area contributed by atoms with Crippen LogP contribution in [0.15, 0.2) is 24.3 Å². The third kappa shape index (κ3) is 7.08. The lowest BCUT2D eigenvalue weighted by Crippen LogP contribution is -2.32. The maximum Gasteiger partial charge on any atom is 0.321 e. The van der Waals surface area contributed by atoms with E-state index in [-0.39, 0.29) is 18.1 Å². The molecule has 0 heterocycles. The fourth-order valence-corrected chi connectivity index (χ4v) is 1.87. The summed E-state index contributed by atoms with van der Waals surface area (Å²) in [7, 11) is 1.59. The van der Waals surface area contributed by atoms with Crippen molar-refractivity contribution < 1.29 is 19.2 Å². The average molecular weight is 337 g/mol. The van der Waals surface area contributed by atoms with Gasteiger partial charge in [0.15, 0.2) is 0 Å². The molecule has 0 bridgehead atoms. The molecule has 0 aliphatic rings. The average Bonchev–Trinajstić information content (AvgIpc) is 2.45. The molecule has 1 rings (SSSR count). The van der Waals surface area contributed by atoms with Crippen LogP contribution in [-0.2, 0) is 9.53 Å². The fourth-order valence-electron chi connectivity index (χ4n) is 1.87. The zero-order valence-electron chi connectivity index (χ0n) is 14.4. The SMILES string of the molecule is CN(CCCC(=O)OC(C)(C)C)C(=O)Nc1cccc([N+](=O)[O-])c1. The van der Waals surface area contributed by atoms with Crippen LogP contribution < -0.4 is 5.32 Å². The second-order valence-corrected chi connectivity index (χ2v) is 6.35. The van der Waals surface area contributed by atoms with Gasteiger partial charge in [0.2, 0.25) is 0 Å². The van der Waals surface area contributed by atoms with Gasteiger partial charge in [0.25, 0.3) is 5.69 Å². The summed E-state index contributed by atoms with van der Waals surface area (Å²) in [4.78, 5) is 35.2. The van der Waals surface area contributed by atoms with Crippen LogP contribution in [0.2, 0.25) is 0 Å². The van der Waals surface area contributed by atoms with Gasteiger partial charge in [0.05, 0.1) is 4.92 Å². The molecule has 132 valence electrons. The Kier molecular flexibility index (Phi) is 6.69. The smallest absolute Gasteiger partial charge is 0.321 e. The number of anilines is 1. The molecule has 8 heteroatoms.